The van der Waals surface area contributed by atoms with Crippen molar-refractivity contribution < 1.29 is 9.59 Å². The SMILES string of the molecule is C[C@H]1C[C@@H](C(=O)NCCC(=O)Nc2ccncc2)CCN1. The first-order valence-electron chi connectivity index (χ1n) is 7.36. The normalized spacial score (nSPS) is 21.6. The highest BCUT2D eigenvalue weighted by molar-refractivity contribution is 5.91. The summed E-state index contributed by atoms with van der Waals surface area (Å²) < 4.78 is 0. The van der Waals surface area contributed by atoms with Crippen molar-refractivity contribution in [3.63, 3.8) is 0 Å². The largest absolute Gasteiger partial charge is 0.355 e. The van der Waals surface area contributed by atoms with Crippen molar-refractivity contribution >= 4 is 17.5 Å². The summed E-state index contributed by atoms with van der Waals surface area (Å²) in [5.41, 5.74) is 0.716. The zero-order chi connectivity index (χ0) is 15.1. The van der Waals surface area contributed by atoms with Crippen LogP contribution in [0.4, 0.5) is 5.69 Å². The minimum absolute atomic E-state index is 0.0556. The third-order valence-electron chi connectivity index (χ3n) is 3.61. The van der Waals surface area contributed by atoms with Crippen LogP contribution in [0.15, 0.2) is 24.5 Å². The molecule has 1 aliphatic heterocycles. The summed E-state index contributed by atoms with van der Waals surface area (Å²) in [6.45, 7) is 3.33. The van der Waals surface area contributed by atoms with Crippen LogP contribution in [-0.2, 0) is 9.59 Å². The monoisotopic (exact) mass is 290 g/mol. The number of aromatic nitrogens is 1. The molecule has 3 N–H and O–H groups in total. The minimum atomic E-state index is -0.111. The van der Waals surface area contributed by atoms with Crippen molar-refractivity contribution in [3.8, 4) is 0 Å². The molecule has 2 heterocycles. The van der Waals surface area contributed by atoms with E-state index in [2.05, 4.69) is 27.9 Å². The first-order chi connectivity index (χ1) is 10.1. The maximum atomic E-state index is 12.0. The van der Waals surface area contributed by atoms with E-state index in [1.807, 2.05) is 0 Å². The van der Waals surface area contributed by atoms with E-state index in [9.17, 15) is 9.59 Å². The number of pyridine rings is 1. The molecule has 6 heteroatoms. The fourth-order valence-electron chi connectivity index (χ4n) is 2.47. The smallest absolute Gasteiger partial charge is 0.226 e. The summed E-state index contributed by atoms with van der Waals surface area (Å²) in [5.74, 6) is 0.00440. The van der Waals surface area contributed by atoms with Gasteiger partial charge in [0.2, 0.25) is 11.8 Å². The van der Waals surface area contributed by atoms with Crippen molar-refractivity contribution in [1.82, 2.24) is 15.6 Å². The lowest BCUT2D eigenvalue weighted by atomic mass is 9.92. The minimum Gasteiger partial charge on any atom is -0.355 e. The van der Waals surface area contributed by atoms with Gasteiger partial charge < -0.3 is 16.0 Å². The molecular weight excluding hydrogens is 268 g/mol. The first kappa shape index (κ1) is 15.4. The van der Waals surface area contributed by atoms with E-state index < -0.39 is 0 Å². The predicted octanol–water partition coefficient (Wildman–Crippen LogP) is 0.914. The molecule has 0 unspecified atom stereocenters. The Morgan fingerprint density at radius 2 is 2.14 bits per heavy atom. The molecule has 1 aliphatic rings. The zero-order valence-corrected chi connectivity index (χ0v) is 12.3. The third-order valence-corrected chi connectivity index (χ3v) is 3.61. The zero-order valence-electron chi connectivity index (χ0n) is 12.3. The van der Waals surface area contributed by atoms with Crippen LogP contribution >= 0.6 is 0 Å². The van der Waals surface area contributed by atoms with Gasteiger partial charge in [-0.3, -0.25) is 14.6 Å². The second kappa shape index (κ2) is 7.73. The van der Waals surface area contributed by atoms with Crippen molar-refractivity contribution in [2.24, 2.45) is 5.92 Å². The van der Waals surface area contributed by atoms with Crippen LogP contribution in [0, 0.1) is 5.92 Å². The van der Waals surface area contributed by atoms with Crippen LogP contribution < -0.4 is 16.0 Å². The standard InChI is InChI=1S/C15H22N4O2/c1-11-10-12(2-8-17-11)15(21)18-9-5-14(20)19-13-3-6-16-7-4-13/h3-4,6-7,11-12,17H,2,5,8-10H2,1H3,(H,18,21)(H,16,19,20)/t11-,12-/m0/s1. The van der Waals surface area contributed by atoms with Gasteiger partial charge in [0.1, 0.15) is 0 Å². The highest BCUT2D eigenvalue weighted by Gasteiger charge is 2.24. The highest BCUT2D eigenvalue weighted by Crippen LogP contribution is 2.15. The van der Waals surface area contributed by atoms with Gasteiger partial charge in [-0.25, -0.2) is 0 Å². The van der Waals surface area contributed by atoms with Gasteiger partial charge in [-0.2, -0.15) is 0 Å². The van der Waals surface area contributed by atoms with E-state index in [-0.39, 0.29) is 24.2 Å². The Labute approximate surface area is 124 Å². The maximum Gasteiger partial charge on any atom is 0.226 e. The van der Waals surface area contributed by atoms with Crippen molar-refractivity contribution in [2.75, 3.05) is 18.4 Å². The van der Waals surface area contributed by atoms with Gasteiger partial charge in [-0.05, 0) is 38.4 Å². The number of nitrogens with zero attached hydrogens (tertiary/aromatic N) is 1. The van der Waals surface area contributed by atoms with Crippen LogP contribution in [0.25, 0.3) is 0 Å². The molecule has 2 rings (SSSR count). The average Bonchev–Trinajstić information content (AvgIpc) is 2.48. The lowest BCUT2D eigenvalue weighted by Gasteiger charge is -2.27. The second-order valence-electron chi connectivity index (χ2n) is 5.40. The molecule has 0 radical (unpaired) electrons. The van der Waals surface area contributed by atoms with Crippen molar-refractivity contribution in [1.29, 1.82) is 0 Å². The lowest BCUT2D eigenvalue weighted by molar-refractivity contribution is -0.126. The molecule has 21 heavy (non-hydrogen) atoms. The van der Waals surface area contributed by atoms with Crippen LogP contribution in [0.5, 0.6) is 0 Å². The number of carbonyl (C=O) groups excluding carboxylic acids is 2. The highest BCUT2D eigenvalue weighted by atomic mass is 16.2. The van der Waals surface area contributed by atoms with Gasteiger partial charge >= 0.3 is 0 Å². The molecule has 6 nitrogen and oxygen atoms in total. The molecule has 0 aromatic carbocycles. The second-order valence-corrected chi connectivity index (χ2v) is 5.40. The summed E-state index contributed by atoms with van der Waals surface area (Å²) in [7, 11) is 0. The molecule has 1 fully saturated rings. The topological polar surface area (TPSA) is 83.1 Å². The number of carbonyl (C=O) groups is 2. The van der Waals surface area contributed by atoms with Gasteiger partial charge in [-0.1, -0.05) is 0 Å². The number of hydrogen-bond acceptors (Lipinski definition) is 4. The Balaban J connectivity index is 1.66. The summed E-state index contributed by atoms with van der Waals surface area (Å²) in [5, 5.41) is 8.93. The molecule has 1 saturated heterocycles. The Hall–Kier alpha value is -1.95. The van der Waals surface area contributed by atoms with Gasteiger partial charge in [0, 0.05) is 43.0 Å². The summed E-state index contributed by atoms with van der Waals surface area (Å²) in [4.78, 5) is 27.6. The number of nitrogens with one attached hydrogen (secondary N) is 3. The average molecular weight is 290 g/mol. The van der Waals surface area contributed by atoms with Crippen molar-refractivity contribution in [2.45, 2.75) is 32.2 Å². The van der Waals surface area contributed by atoms with E-state index in [0.717, 1.165) is 19.4 Å². The van der Waals surface area contributed by atoms with E-state index >= 15 is 0 Å². The fourth-order valence-corrected chi connectivity index (χ4v) is 2.47. The van der Waals surface area contributed by atoms with Gasteiger partial charge in [0.05, 0.1) is 0 Å². The van der Waals surface area contributed by atoms with Crippen molar-refractivity contribution in [3.05, 3.63) is 24.5 Å². The Kier molecular flexibility index (Phi) is 5.68. The Morgan fingerprint density at radius 3 is 2.86 bits per heavy atom. The fraction of sp³-hybridized carbons (Fsp3) is 0.533. The number of hydrogen-bond donors (Lipinski definition) is 3. The number of anilines is 1. The van der Waals surface area contributed by atoms with Crippen LogP contribution in [-0.4, -0.2) is 35.9 Å². The maximum absolute atomic E-state index is 12.0. The molecular formula is C15H22N4O2. The molecule has 1 aromatic rings. The predicted molar refractivity (Wildman–Crippen MR) is 80.7 cm³/mol. The number of piperidine rings is 1. The Morgan fingerprint density at radius 1 is 1.38 bits per heavy atom. The summed E-state index contributed by atoms with van der Waals surface area (Å²) in [6.07, 6.45) is 5.23. The Bertz CT molecular complexity index is 478. The number of rotatable bonds is 5. The molecule has 114 valence electrons. The molecule has 0 spiro atoms. The molecule has 1 aromatic heterocycles. The molecule has 2 atom stereocenters. The summed E-state index contributed by atoms with van der Waals surface area (Å²) in [6, 6.07) is 3.84. The first-order valence-corrected chi connectivity index (χ1v) is 7.36. The van der Waals surface area contributed by atoms with Crippen LogP contribution in [0.1, 0.15) is 26.2 Å². The quantitative estimate of drug-likeness (QED) is 0.753. The van der Waals surface area contributed by atoms with E-state index in [1.54, 1.807) is 24.5 Å². The lowest BCUT2D eigenvalue weighted by Crippen LogP contribution is -2.42. The number of amides is 2. The van der Waals surface area contributed by atoms with E-state index in [4.69, 9.17) is 0 Å². The molecule has 2 amide bonds. The molecule has 0 bridgehead atoms. The molecule has 0 aliphatic carbocycles. The summed E-state index contributed by atoms with van der Waals surface area (Å²) >= 11 is 0. The van der Waals surface area contributed by atoms with Crippen LogP contribution in [0.3, 0.4) is 0 Å². The van der Waals surface area contributed by atoms with Gasteiger partial charge in [0.25, 0.3) is 0 Å². The van der Waals surface area contributed by atoms with E-state index in [1.165, 1.54) is 0 Å². The third kappa shape index (κ3) is 5.15. The van der Waals surface area contributed by atoms with Gasteiger partial charge in [-0.15, -0.1) is 0 Å². The van der Waals surface area contributed by atoms with Crippen LogP contribution in [0.2, 0.25) is 0 Å². The van der Waals surface area contributed by atoms with Gasteiger partial charge in [0.15, 0.2) is 0 Å². The van der Waals surface area contributed by atoms with E-state index in [0.29, 0.717) is 18.3 Å². The molecule has 0 saturated carbocycles.